The quantitative estimate of drug-likeness (QED) is 0.559. The van der Waals surface area contributed by atoms with Gasteiger partial charge in [0, 0.05) is 10.4 Å². The van der Waals surface area contributed by atoms with Gasteiger partial charge in [0.2, 0.25) is 0 Å². The zero-order chi connectivity index (χ0) is 16.0. The van der Waals surface area contributed by atoms with Crippen molar-refractivity contribution in [1.82, 2.24) is 14.4 Å². The van der Waals surface area contributed by atoms with Crippen molar-refractivity contribution in [3.05, 3.63) is 65.7 Å². The van der Waals surface area contributed by atoms with Crippen LogP contribution in [-0.4, -0.2) is 22.8 Å². The molecule has 3 aromatic carbocycles. The van der Waals surface area contributed by atoms with Crippen LogP contribution in [0, 0.1) is 0 Å². The van der Waals surface area contributed by atoms with E-state index in [2.05, 4.69) is 10.3 Å². The fourth-order valence-electron chi connectivity index (χ4n) is 2.57. The number of rotatable bonds is 2. The fraction of sp³-hybridized carbons (Fsp3) is 0. The molecular formula is C16H10ClN3O2S. The third kappa shape index (κ3) is 2.18. The van der Waals surface area contributed by atoms with Gasteiger partial charge in [-0.15, -0.1) is 9.19 Å². The molecule has 0 saturated heterocycles. The van der Waals surface area contributed by atoms with E-state index in [1.54, 1.807) is 42.5 Å². The Hall–Kier alpha value is -2.44. The van der Waals surface area contributed by atoms with Gasteiger partial charge in [-0.1, -0.05) is 53.2 Å². The smallest absolute Gasteiger partial charge is 0.199 e. The summed E-state index contributed by atoms with van der Waals surface area (Å²) in [5.41, 5.74) is 0.823. The Balaban J connectivity index is 2.02. The van der Waals surface area contributed by atoms with Gasteiger partial charge < -0.3 is 0 Å². The van der Waals surface area contributed by atoms with Crippen LogP contribution in [-0.2, 0) is 10.0 Å². The first-order valence-electron chi connectivity index (χ1n) is 6.82. The zero-order valence-electron chi connectivity index (χ0n) is 11.7. The van der Waals surface area contributed by atoms with Crippen LogP contribution < -0.4 is 0 Å². The van der Waals surface area contributed by atoms with E-state index < -0.39 is 10.0 Å². The van der Waals surface area contributed by atoms with E-state index >= 15 is 0 Å². The largest absolute Gasteiger partial charge is 0.285 e. The number of hydrogen-bond donors (Lipinski definition) is 0. The van der Waals surface area contributed by atoms with Gasteiger partial charge in [0.1, 0.15) is 11.0 Å². The molecule has 0 aliphatic carbocycles. The molecule has 0 N–H and O–H groups in total. The Morgan fingerprint density at radius 2 is 1.74 bits per heavy atom. The lowest BCUT2D eigenvalue weighted by Gasteiger charge is -2.08. The minimum absolute atomic E-state index is 0.192. The maximum atomic E-state index is 13.0. The third-order valence-electron chi connectivity index (χ3n) is 3.63. The SMILES string of the molecule is O=S(=O)(c1cccc2ccccc12)n1nnc2cc(Cl)ccc21. The first-order valence-corrected chi connectivity index (χ1v) is 8.63. The molecule has 0 saturated carbocycles. The minimum Gasteiger partial charge on any atom is -0.199 e. The minimum atomic E-state index is -3.86. The number of benzene rings is 3. The summed E-state index contributed by atoms with van der Waals surface area (Å²) in [5.74, 6) is 0. The second-order valence-corrected chi connectivity index (χ2v) is 7.22. The zero-order valence-corrected chi connectivity index (χ0v) is 13.3. The summed E-state index contributed by atoms with van der Waals surface area (Å²) in [6.07, 6.45) is 0. The molecule has 0 spiro atoms. The molecule has 4 aromatic rings. The van der Waals surface area contributed by atoms with Crippen molar-refractivity contribution >= 4 is 43.4 Å². The summed E-state index contributed by atoms with van der Waals surface area (Å²) in [5, 5.41) is 9.68. The summed E-state index contributed by atoms with van der Waals surface area (Å²) in [6.45, 7) is 0. The van der Waals surface area contributed by atoms with E-state index in [1.807, 2.05) is 18.2 Å². The number of nitrogens with zero attached hydrogens (tertiary/aromatic N) is 3. The van der Waals surface area contributed by atoms with Crippen LogP contribution >= 0.6 is 11.6 Å². The lowest BCUT2D eigenvalue weighted by molar-refractivity contribution is 0.580. The van der Waals surface area contributed by atoms with Crippen LogP contribution in [0.4, 0.5) is 0 Å². The molecule has 0 amide bonds. The van der Waals surface area contributed by atoms with Crippen LogP contribution in [0.15, 0.2) is 65.6 Å². The molecule has 1 aromatic heterocycles. The number of fused-ring (bicyclic) bond motifs is 2. The first-order chi connectivity index (χ1) is 11.1. The highest BCUT2D eigenvalue weighted by atomic mass is 35.5. The van der Waals surface area contributed by atoms with Gasteiger partial charge in [-0.05, 0) is 29.7 Å². The molecule has 0 bridgehead atoms. The van der Waals surface area contributed by atoms with E-state index in [0.29, 0.717) is 21.4 Å². The molecule has 1 heterocycles. The van der Waals surface area contributed by atoms with Crippen LogP contribution in [0.1, 0.15) is 0 Å². The molecule has 23 heavy (non-hydrogen) atoms. The van der Waals surface area contributed by atoms with Crippen molar-refractivity contribution in [1.29, 1.82) is 0 Å². The summed E-state index contributed by atoms with van der Waals surface area (Å²) < 4.78 is 27.0. The number of hydrogen-bond acceptors (Lipinski definition) is 4. The van der Waals surface area contributed by atoms with Crippen molar-refractivity contribution in [2.45, 2.75) is 4.90 Å². The molecule has 7 heteroatoms. The lowest BCUT2D eigenvalue weighted by Crippen LogP contribution is -2.15. The molecule has 0 aliphatic rings. The summed E-state index contributed by atoms with van der Waals surface area (Å²) in [6, 6.07) is 17.3. The first kappa shape index (κ1) is 14.2. The van der Waals surface area contributed by atoms with Crippen LogP contribution in [0.5, 0.6) is 0 Å². The highest BCUT2D eigenvalue weighted by Gasteiger charge is 2.23. The van der Waals surface area contributed by atoms with E-state index in [-0.39, 0.29) is 4.90 Å². The normalized spacial score (nSPS) is 12.0. The monoisotopic (exact) mass is 343 g/mol. The van der Waals surface area contributed by atoms with Gasteiger partial charge in [0.05, 0.1) is 4.90 Å². The molecular weight excluding hydrogens is 334 g/mol. The van der Waals surface area contributed by atoms with Gasteiger partial charge >= 0.3 is 0 Å². The van der Waals surface area contributed by atoms with E-state index in [1.165, 1.54) is 0 Å². The molecule has 5 nitrogen and oxygen atoms in total. The topological polar surface area (TPSA) is 64.8 Å². The Labute approximate surface area is 137 Å². The molecule has 4 rings (SSSR count). The summed E-state index contributed by atoms with van der Waals surface area (Å²) in [4.78, 5) is 0.192. The average Bonchev–Trinajstić information content (AvgIpc) is 2.98. The van der Waals surface area contributed by atoms with Gasteiger partial charge in [-0.2, -0.15) is 8.42 Å². The van der Waals surface area contributed by atoms with E-state index in [4.69, 9.17) is 11.6 Å². The lowest BCUT2D eigenvalue weighted by atomic mass is 10.1. The standard InChI is InChI=1S/C16H10ClN3O2S/c17-12-8-9-15-14(10-12)18-19-20(15)23(21,22)16-7-3-5-11-4-1-2-6-13(11)16/h1-10H. The summed E-state index contributed by atoms with van der Waals surface area (Å²) in [7, 11) is -3.86. The second kappa shape index (κ2) is 5.04. The van der Waals surface area contributed by atoms with Crippen LogP contribution in [0.2, 0.25) is 5.02 Å². The fourth-order valence-corrected chi connectivity index (χ4v) is 4.18. The molecule has 114 valence electrons. The second-order valence-electron chi connectivity index (χ2n) is 5.05. The Kier molecular flexibility index (Phi) is 3.11. The molecule has 0 atom stereocenters. The van der Waals surface area contributed by atoms with Crippen molar-refractivity contribution in [2.75, 3.05) is 0 Å². The molecule has 0 aliphatic heterocycles. The third-order valence-corrected chi connectivity index (χ3v) is 5.50. The van der Waals surface area contributed by atoms with E-state index in [0.717, 1.165) is 9.47 Å². The van der Waals surface area contributed by atoms with Gasteiger partial charge in [-0.3, -0.25) is 0 Å². The maximum absolute atomic E-state index is 13.0. The van der Waals surface area contributed by atoms with Gasteiger partial charge in [0.25, 0.3) is 10.0 Å². The van der Waals surface area contributed by atoms with Crippen LogP contribution in [0.3, 0.4) is 0 Å². The Morgan fingerprint density at radius 1 is 0.957 bits per heavy atom. The Morgan fingerprint density at radius 3 is 2.61 bits per heavy atom. The highest BCUT2D eigenvalue weighted by molar-refractivity contribution is 7.90. The highest BCUT2D eigenvalue weighted by Crippen LogP contribution is 2.26. The molecule has 0 unspecified atom stereocenters. The predicted octanol–water partition coefficient (Wildman–Crippen LogP) is 3.47. The Bertz CT molecular complexity index is 1150. The van der Waals surface area contributed by atoms with Crippen molar-refractivity contribution < 1.29 is 8.42 Å². The van der Waals surface area contributed by atoms with Gasteiger partial charge in [-0.25, -0.2) is 0 Å². The number of aromatic nitrogens is 3. The van der Waals surface area contributed by atoms with Crippen molar-refractivity contribution in [2.24, 2.45) is 0 Å². The molecule has 0 radical (unpaired) electrons. The number of halogens is 1. The predicted molar refractivity (Wildman–Crippen MR) is 89.1 cm³/mol. The van der Waals surface area contributed by atoms with Gasteiger partial charge in [0.15, 0.2) is 0 Å². The maximum Gasteiger partial charge on any atom is 0.285 e. The molecule has 0 fully saturated rings. The van der Waals surface area contributed by atoms with Crippen molar-refractivity contribution in [3.8, 4) is 0 Å². The summed E-state index contributed by atoms with van der Waals surface area (Å²) >= 11 is 5.91. The average molecular weight is 344 g/mol. The van der Waals surface area contributed by atoms with E-state index in [9.17, 15) is 8.42 Å². The van der Waals surface area contributed by atoms with Crippen molar-refractivity contribution in [3.63, 3.8) is 0 Å². The van der Waals surface area contributed by atoms with Crippen LogP contribution in [0.25, 0.3) is 21.8 Å².